The van der Waals surface area contributed by atoms with Crippen molar-refractivity contribution in [2.24, 2.45) is 0 Å². The Morgan fingerprint density at radius 1 is 0.889 bits per heavy atom. The number of halogens is 7. The molecule has 2 fully saturated rings. The second kappa shape index (κ2) is 8.70. The molecule has 0 aromatic heterocycles. The second-order valence-electron chi connectivity index (χ2n) is 9.48. The van der Waals surface area contributed by atoms with E-state index in [0.717, 1.165) is 30.3 Å². The molecular weight excluding hydrogens is 517 g/mol. The maximum atomic E-state index is 13.9. The number of benzene rings is 2. The molecular formula is C24H23F7O4S. The van der Waals surface area contributed by atoms with E-state index >= 15 is 0 Å². The molecule has 2 N–H and O–H groups in total. The zero-order valence-corrected chi connectivity index (χ0v) is 19.5. The van der Waals surface area contributed by atoms with Gasteiger partial charge in [0.2, 0.25) is 0 Å². The third kappa shape index (κ3) is 4.01. The number of hydrogen-bond acceptors (Lipinski definition) is 4. The van der Waals surface area contributed by atoms with E-state index < -0.39 is 55.9 Å². The van der Waals surface area contributed by atoms with Gasteiger partial charge in [-0.15, -0.1) is 0 Å². The van der Waals surface area contributed by atoms with Gasteiger partial charge in [0.25, 0.3) is 5.60 Å². The lowest BCUT2D eigenvalue weighted by molar-refractivity contribution is -0.376. The Morgan fingerprint density at radius 2 is 1.47 bits per heavy atom. The zero-order chi connectivity index (χ0) is 26.7. The predicted molar refractivity (Wildman–Crippen MR) is 114 cm³/mol. The molecule has 0 radical (unpaired) electrons. The highest BCUT2D eigenvalue weighted by atomic mass is 32.2. The molecule has 2 aliphatic rings. The molecule has 198 valence electrons. The van der Waals surface area contributed by atoms with Gasteiger partial charge in [0, 0.05) is 5.56 Å². The summed E-state index contributed by atoms with van der Waals surface area (Å²) in [4.78, 5) is -0.288. The molecule has 2 aromatic carbocycles. The van der Waals surface area contributed by atoms with E-state index in [9.17, 15) is 49.4 Å². The molecule has 4 nitrogen and oxygen atoms in total. The average Bonchev–Trinajstić information content (AvgIpc) is 3.14. The summed E-state index contributed by atoms with van der Waals surface area (Å²) in [5, 5.41) is 20.3. The van der Waals surface area contributed by atoms with E-state index in [1.54, 1.807) is 0 Å². The Hall–Kier alpha value is -2.18. The van der Waals surface area contributed by atoms with Gasteiger partial charge in [0.05, 0.1) is 11.0 Å². The lowest BCUT2D eigenvalue weighted by atomic mass is 9.74. The van der Waals surface area contributed by atoms with Gasteiger partial charge in [-0.2, -0.15) is 26.3 Å². The summed E-state index contributed by atoms with van der Waals surface area (Å²) in [6, 6.07) is 5.85. The van der Waals surface area contributed by atoms with Gasteiger partial charge in [-0.25, -0.2) is 12.8 Å². The quantitative estimate of drug-likeness (QED) is 0.382. The molecule has 0 heterocycles. The van der Waals surface area contributed by atoms with Crippen molar-refractivity contribution in [3.8, 4) is 0 Å². The van der Waals surface area contributed by atoms with E-state index in [4.69, 9.17) is 0 Å². The van der Waals surface area contributed by atoms with Gasteiger partial charge in [-0.05, 0) is 73.4 Å². The highest BCUT2D eigenvalue weighted by Crippen LogP contribution is 2.55. The van der Waals surface area contributed by atoms with Crippen LogP contribution in [0.2, 0.25) is 0 Å². The molecule has 2 atom stereocenters. The Morgan fingerprint density at radius 3 is 1.92 bits per heavy atom. The topological polar surface area (TPSA) is 74.6 Å². The smallest absolute Gasteiger partial charge is 0.393 e. The van der Waals surface area contributed by atoms with Crippen LogP contribution in [0.1, 0.15) is 61.1 Å². The summed E-state index contributed by atoms with van der Waals surface area (Å²) in [6.07, 6.45) is -12.3. The molecule has 0 amide bonds. The van der Waals surface area contributed by atoms with Crippen LogP contribution in [0.15, 0.2) is 47.4 Å². The predicted octanol–water partition coefficient (Wildman–Crippen LogP) is 5.62. The first-order valence-corrected chi connectivity index (χ1v) is 12.7. The van der Waals surface area contributed by atoms with Crippen LogP contribution in [0.3, 0.4) is 0 Å². The van der Waals surface area contributed by atoms with Crippen LogP contribution in [-0.2, 0) is 20.2 Å². The summed E-state index contributed by atoms with van der Waals surface area (Å²) < 4.78 is 121. The van der Waals surface area contributed by atoms with Crippen molar-refractivity contribution in [2.75, 3.05) is 0 Å². The first-order chi connectivity index (χ1) is 16.5. The van der Waals surface area contributed by atoms with Crippen molar-refractivity contribution in [3.05, 3.63) is 65.0 Å². The minimum atomic E-state index is -6.09. The Kier molecular flexibility index (Phi) is 6.49. The lowest BCUT2D eigenvalue weighted by Crippen LogP contribution is -2.54. The van der Waals surface area contributed by atoms with E-state index in [2.05, 4.69) is 0 Å². The molecule has 36 heavy (non-hydrogen) atoms. The van der Waals surface area contributed by atoms with Crippen LogP contribution in [0, 0.1) is 5.82 Å². The number of aliphatic hydroxyl groups is 2. The average molecular weight is 540 g/mol. The molecule has 0 spiro atoms. The molecule has 0 unspecified atom stereocenters. The monoisotopic (exact) mass is 540 g/mol. The van der Waals surface area contributed by atoms with Crippen molar-refractivity contribution < 1.29 is 49.4 Å². The van der Waals surface area contributed by atoms with Crippen molar-refractivity contribution >= 4 is 9.84 Å². The normalized spacial score (nSPS) is 24.1. The fourth-order valence-corrected chi connectivity index (χ4v) is 7.42. The number of rotatable bonds is 5. The molecule has 2 saturated carbocycles. The Bertz CT molecular complexity index is 1220. The first-order valence-electron chi connectivity index (χ1n) is 11.2. The fourth-order valence-electron chi connectivity index (χ4n) is 5.21. The van der Waals surface area contributed by atoms with Crippen LogP contribution in [0.25, 0.3) is 0 Å². The fraction of sp³-hybridized carbons (Fsp3) is 0.500. The Labute approximate surface area is 202 Å². The third-order valence-corrected chi connectivity index (χ3v) is 9.92. The van der Waals surface area contributed by atoms with Crippen molar-refractivity contribution in [1.82, 2.24) is 0 Å². The van der Waals surface area contributed by atoms with Crippen LogP contribution in [0.4, 0.5) is 30.7 Å². The highest BCUT2D eigenvalue weighted by molar-refractivity contribution is 7.92. The second-order valence-corrected chi connectivity index (χ2v) is 11.7. The van der Waals surface area contributed by atoms with Gasteiger partial charge in [-0.3, -0.25) is 0 Å². The summed E-state index contributed by atoms with van der Waals surface area (Å²) in [5.74, 6) is -1.23. The minimum Gasteiger partial charge on any atom is -0.393 e. The molecule has 4 rings (SSSR count). The summed E-state index contributed by atoms with van der Waals surface area (Å²) in [5.41, 5.74) is -6.66. The van der Waals surface area contributed by atoms with E-state index in [1.165, 1.54) is 0 Å². The number of hydrogen-bond donors (Lipinski definition) is 2. The number of alkyl halides is 6. The van der Waals surface area contributed by atoms with Crippen molar-refractivity contribution in [3.63, 3.8) is 0 Å². The van der Waals surface area contributed by atoms with Gasteiger partial charge in [-0.1, -0.05) is 24.6 Å². The maximum absolute atomic E-state index is 13.9. The minimum absolute atomic E-state index is 0.0106. The standard InChI is InChI=1S/C24H23F7O4S/c25-16-5-7-18(8-6-16)36(34,35)21(11-10-17(32)13-21)20-9-4-15(12-19(20)14-2-1-3-14)22(33,23(26,27)28)24(29,30)31/h4-9,12,14,17,32-33H,1-3,10-11,13H2/t17-,21-/m0/s1. The molecule has 0 aliphatic heterocycles. The molecule has 12 heteroatoms. The van der Waals surface area contributed by atoms with E-state index in [1.807, 2.05) is 0 Å². The van der Waals surface area contributed by atoms with E-state index in [-0.39, 0.29) is 35.3 Å². The van der Waals surface area contributed by atoms with Gasteiger partial charge in [0.1, 0.15) is 10.6 Å². The zero-order valence-electron chi connectivity index (χ0n) is 18.7. The van der Waals surface area contributed by atoms with Crippen LogP contribution in [-0.4, -0.2) is 37.1 Å². The van der Waals surface area contributed by atoms with Crippen molar-refractivity contribution in [1.29, 1.82) is 0 Å². The van der Waals surface area contributed by atoms with Crippen LogP contribution < -0.4 is 0 Å². The number of sulfone groups is 1. The maximum Gasteiger partial charge on any atom is 0.430 e. The molecule has 2 aromatic rings. The molecule has 0 saturated heterocycles. The Balaban J connectivity index is 1.97. The lowest BCUT2D eigenvalue weighted by Gasteiger charge is -2.38. The first kappa shape index (κ1) is 26.9. The third-order valence-electron chi connectivity index (χ3n) is 7.41. The van der Waals surface area contributed by atoms with Crippen molar-refractivity contribution in [2.45, 2.75) is 78.1 Å². The molecule has 0 bridgehead atoms. The highest BCUT2D eigenvalue weighted by Gasteiger charge is 2.71. The molecule has 2 aliphatic carbocycles. The summed E-state index contributed by atoms with van der Waals surface area (Å²) >= 11 is 0. The van der Waals surface area contributed by atoms with Gasteiger partial charge >= 0.3 is 12.4 Å². The van der Waals surface area contributed by atoms with E-state index in [0.29, 0.717) is 31.4 Å². The van der Waals surface area contributed by atoms with Gasteiger partial charge in [0.15, 0.2) is 9.84 Å². The summed E-state index contributed by atoms with van der Waals surface area (Å²) in [6.45, 7) is 0. The summed E-state index contributed by atoms with van der Waals surface area (Å²) in [7, 11) is -4.38. The van der Waals surface area contributed by atoms with Crippen LogP contribution in [0.5, 0.6) is 0 Å². The van der Waals surface area contributed by atoms with Crippen LogP contribution >= 0.6 is 0 Å². The SMILES string of the molecule is O=S(=O)(c1ccc(F)cc1)[C@@]1(c2ccc(C(O)(C(F)(F)F)C(F)(F)F)cc2C2CCC2)CC[C@H](O)C1. The largest absolute Gasteiger partial charge is 0.430 e. The van der Waals surface area contributed by atoms with Gasteiger partial charge < -0.3 is 10.2 Å². The number of aliphatic hydroxyl groups excluding tert-OH is 1.